The predicted molar refractivity (Wildman–Crippen MR) is 111 cm³/mol. The molecule has 2 atom stereocenters. The lowest BCUT2D eigenvalue weighted by atomic mass is 10.0. The summed E-state index contributed by atoms with van der Waals surface area (Å²) in [4.78, 5) is 4.80. The minimum absolute atomic E-state index is 0.156. The van der Waals surface area contributed by atoms with Crippen LogP contribution < -0.4 is 10.6 Å². The Morgan fingerprint density at radius 1 is 1.15 bits per heavy atom. The van der Waals surface area contributed by atoms with Gasteiger partial charge in [-0.25, -0.2) is 0 Å². The third-order valence-corrected chi connectivity index (χ3v) is 4.64. The van der Waals surface area contributed by atoms with Gasteiger partial charge in [-0.15, -0.1) is 0 Å². The molecule has 0 fully saturated rings. The van der Waals surface area contributed by atoms with E-state index in [9.17, 15) is 5.11 Å². The van der Waals surface area contributed by atoms with Gasteiger partial charge in [0.05, 0.1) is 12.3 Å². The number of guanidine groups is 1. The second kappa shape index (κ2) is 12.2. The highest BCUT2D eigenvalue weighted by Crippen LogP contribution is 2.13. The highest BCUT2D eigenvalue weighted by Gasteiger charge is 2.10. The van der Waals surface area contributed by atoms with Crippen molar-refractivity contribution >= 4 is 5.96 Å². The van der Waals surface area contributed by atoms with Crippen LogP contribution in [-0.4, -0.2) is 30.8 Å². The van der Waals surface area contributed by atoms with E-state index < -0.39 is 0 Å². The maximum Gasteiger partial charge on any atom is 0.191 e. The molecule has 3 N–H and O–H groups in total. The van der Waals surface area contributed by atoms with Gasteiger partial charge >= 0.3 is 0 Å². The van der Waals surface area contributed by atoms with Gasteiger partial charge in [0, 0.05) is 26.1 Å². The molecule has 1 heterocycles. The molecule has 0 aliphatic carbocycles. The lowest BCUT2D eigenvalue weighted by Crippen LogP contribution is -2.40. The van der Waals surface area contributed by atoms with Crippen LogP contribution in [0.15, 0.2) is 58.1 Å². The average molecular weight is 372 g/mol. The SMILES string of the molecule is CCCC(CCO)CN=C(NCCc1ccco1)NC(C)c1ccccc1. The monoisotopic (exact) mass is 371 g/mol. The zero-order chi connectivity index (χ0) is 19.3. The number of aliphatic hydroxyl groups excluding tert-OH is 1. The molecule has 2 unspecified atom stereocenters. The molecule has 27 heavy (non-hydrogen) atoms. The van der Waals surface area contributed by atoms with Gasteiger partial charge in [-0.2, -0.15) is 0 Å². The number of nitrogens with one attached hydrogen (secondary N) is 2. The molecule has 0 aliphatic rings. The Bertz CT molecular complexity index is 635. The molecule has 2 rings (SSSR count). The molecule has 0 spiro atoms. The quantitative estimate of drug-likeness (QED) is 0.414. The number of rotatable bonds is 11. The first kappa shape index (κ1) is 21.0. The Morgan fingerprint density at radius 3 is 2.63 bits per heavy atom. The van der Waals surface area contributed by atoms with Gasteiger partial charge in [0.15, 0.2) is 5.96 Å². The predicted octanol–water partition coefficient (Wildman–Crippen LogP) is 3.92. The average Bonchev–Trinajstić information content (AvgIpc) is 3.20. The Morgan fingerprint density at radius 2 is 1.96 bits per heavy atom. The maximum absolute atomic E-state index is 9.28. The number of benzene rings is 1. The standard InChI is InChI=1S/C22H33N3O2/c1-3-8-19(13-15-26)17-24-22(23-14-12-21-11-7-16-27-21)25-18(2)20-9-5-4-6-10-20/h4-7,9-11,16,18-19,26H,3,8,12-15,17H2,1-2H3,(H2,23,24,25). The first-order valence-electron chi connectivity index (χ1n) is 9.96. The van der Waals surface area contributed by atoms with Crippen LogP contribution in [0.4, 0.5) is 0 Å². The molecule has 2 aromatic rings. The van der Waals surface area contributed by atoms with Crippen LogP contribution in [0, 0.1) is 5.92 Å². The summed E-state index contributed by atoms with van der Waals surface area (Å²) in [5.74, 6) is 2.18. The largest absolute Gasteiger partial charge is 0.469 e. The summed E-state index contributed by atoms with van der Waals surface area (Å²) < 4.78 is 5.40. The van der Waals surface area contributed by atoms with E-state index in [0.29, 0.717) is 12.5 Å². The number of hydrogen-bond acceptors (Lipinski definition) is 3. The summed E-state index contributed by atoms with van der Waals surface area (Å²) in [6.45, 7) is 5.99. The third kappa shape index (κ3) is 7.87. The Kier molecular flexibility index (Phi) is 9.49. The van der Waals surface area contributed by atoms with E-state index in [1.54, 1.807) is 6.26 Å². The number of aliphatic imine (C=N–C) groups is 1. The molecule has 1 aromatic carbocycles. The van der Waals surface area contributed by atoms with Crippen LogP contribution in [0.5, 0.6) is 0 Å². The second-order valence-corrected chi connectivity index (χ2v) is 6.89. The van der Waals surface area contributed by atoms with Gasteiger partial charge in [0.2, 0.25) is 0 Å². The van der Waals surface area contributed by atoms with Crippen LogP contribution in [0.1, 0.15) is 50.5 Å². The van der Waals surface area contributed by atoms with Crippen molar-refractivity contribution in [2.24, 2.45) is 10.9 Å². The zero-order valence-corrected chi connectivity index (χ0v) is 16.5. The lowest BCUT2D eigenvalue weighted by molar-refractivity contribution is 0.253. The van der Waals surface area contributed by atoms with Crippen molar-refractivity contribution in [3.8, 4) is 0 Å². The summed E-state index contributed by atoms with van der Waals surface area (Å²) in [6, 6.07) is 14.4. The van der Waals surface area contributed by atoms with Crippen molar-refractivity contribution in [3.05, 3.63) is 60.1 Å². The minimum Gasteiger partial charge on any atom is -0.469 e. The molecule has 148 valence electrons. The Labute approximate surface area is 162 Å². The molecule has 5 heteroatoms. The van der Waals surface area contributed by atoms with Crippen LogP contribution in [-0.2, 0) is 6.42 Å². The van der Waals surface area contributed by atoms with Gasteiger partial charge in [-0.1, -0.05) is 43.7 Å². The zero-order valence-electron chi connectivity index (χ0n) is 16.5. The van der Waals surface area contributed by atoms with Gasteiger partial charge in [0.1, 0.15) is 5.76 Å². The van der Waals surface area contributed by atoms with E-state index in [2.05, 4.69) is 36.6 Å². The Balaban J connectivity index is 1.98. The molecule has 1 aromatic heterocycles. The van der Waals surface area contributed by atoms with Crippen molar-refractivity contribution in [1.82, 2.24) is 10.6 Å². The fourth-order valence-electron chi connectivity index (χ4n) is 3.08. The number of nitrogens with zero attached hydrogens (tertiary/aromatic N) is 1. The lowest BCUT2D eigenvalue weighted by Gasteiger charge is -2.20. The number of hydrogen-bond donors (Lipinski definition) is 3. The molecule has 0 saturated carbocycles. The van der Waals surface area contributed by atoms with Crippen molar-refractivity contribution in [2.45, 2.75) is 45.6 Å². The van der Waals surface area contributed by atoms with Gasteiger partial charge < -0.3 is 20.2 Å². The van der Waals surface area contributed by atoms with Crippen molar-refractivity contribution in [1.29, 1.82) is 0 Å². The highest BCUT2D eigenvalue weighted by atomic mass is 16.3. The number of aliphatic hydroxyl groups is 1. The normalized spacial score (nSPS) is 14.0. The molecule has 0 bridgehead atoms. The molecule has 0 radical (unpaired) electrons. The summed E-state index contributed by atoms with van der Waals surface area (Å²) in [6.07, 6.45) is 5.49. The van der Waals surface area contributed by atoms with Crippen molar-refractivity contribution < 1.29 is 9.52 Å². The fraction of sp³-hybridized carbons (Fsp3) is 0.500. The molecular formula is C22H33N3O2. The third-order valence-electron chi connectivity index (χ3n) is 4.64. The molecule has 0 aliphatic heterocycles. The van der Waals surface area contributed by atoms with Crippen LogP contribution in [0.25, 0.3) is 0 Å². The summed E-state index contributed by atoms with van der Waals surface area (Å²) >= 11 is 0. The van der Waals surface area contributed by atoms with Gasteiger partial charge in [-0.3, -0.25) is 4.99 Å². The molecule has 0 saturated heterocycles. The van der Waals surface area contributed by atoms with Crippen molar-refractivity contribution in [3.63, 3.8) is 0 Å². The summed E-state index contributed by atoms with van der Waals surface area (Å²) in [5.41, 5.74) is 1.22. The summed E-state index contributed by atoms with van der Waals surface area (Å²) in [7, 11) is 0. The van der Waals surface area contributed by atoms with Crippen molar-refractivity contribution in [2.75, 3.05) is 19.7 Å². The molecule has 0 amide bonds. The maximum atomic E-state index is 9.28. The summed E-state index contributed by atoms with van der Waals surface area (Å²) in [5, 5.41) is 16.2. The van der Waals surface area contributed by atoms with Crippen LogP contribution in [0.2, 0.25) is 0 Å². The van der Waals surface area contributed by atoms with Crippen LogP contribution in [0.3, 0.4) is 0 Å². The van der Waals surface area contributed by atoms with E-state index in [1.165, 1.54) is 5.56 Å². The minimum atomic E-state index is 0.156. The van der Waals surface area contributed by atoms with Gasteiger partial charge in [0.25, 0.3) is 0 Å². The van der Waals surface area contributed by atoms with E-state index >= 15 is 0 Å². The smallest absolute Gasteiger partial charge is 0.191 e. The highest BCUT2D eigenvalue weighted by molar-refractivity contribution is 5.80. The molecule has 5 nitrogen and oxygen atoms in total. The van der Waals surface area contributed by atoms with E-state index in [1.807, 2.05) is 30.3 Å². The topological polar surface area (TPSA) is 69.8 Å². The van der Waals surface area contributed by atoms with E-state index in [-0.39, 0.29) is 12.6 Å². The first-order chi connectivity index (χ1) is 13.2. The van der Waals surface area contributed by atoms with E-state index in [4.69, 9.17) is 9.41 Å². The van der Waals surface area contributed by atoms with E-state index in [0.717, 1.165) is 43.9 Å². The Hall–Kier alpha value is -2.27. The molecular weight excluding hydrogens is 338 g/mol. The van der Waals surface area contributed by atoms with Gasteiger partial charge in [-0.05, 0) is 43.4 Å². The first-order valence-corrected chi connectivity index (χ1v) is 9.96. The fourth-order valence-corrected chi connectivity index (χ4v) is 3.08. The van der Waals surface area contributed by atoms with Crippen LogP contribution >= 0.6 is 0 Å². The second-order valence-electron chi connectivity index (χ2n) is 6.89. The number of furan rings is 1.